The first-order valence-electron chi connectivity index (χ1n) is 6.92. The quantitative estimate of drug-likeness (QED) is 0.369. The Bertz CT molecular complexity index is 572. The molecule has 0 bridgehead atoms. The van der Waals surface area contributed by atoms with Crippen LogP contribution in [0.25, 0.3) is 0 Å². The van der Waals surface area contributed by atoms with Crippen LogP contribution >= 0.6 is 35.3 Å². The summed E-state index contributed by atoms with van der Waals surface area (Å²) in [5.41, 5.74) is 0. The van der Waals surface area contributed by atoms with Gasteiger partial charge in [0, 0.05) is 30.4 Å². The average Bonchev–Trinajstić information content (AvgIpc) is 2.88. The number of aliphatic imine (C=N–C) groups is 1. The summed E-state index contributed by atoms with van der Waals surface area (Å²) < 4.78 is 22.3. The third-order valence-electron chi connectivity index (χ3n) is 2.89. The van der Waals surface area contributed by atoms with Gasteiger partial charge in [0.1, 0.15) is 14.8 Å². The summed E-state index contributed by atoms with van der Waals surface area (Å²) in [7, 11) is -1.23. The molecule has 0 saturated heterocycles. The van der Waals surface area contributed by atoms with Crippen molar-refractivity contribution in [3.05, 3.63) is 16.1 Å². The Hall–Kier alpha value is -0.420. The number of nitrogens with one attached hydrogen (secondary N) is 2. The number of guanidine groups is 1. The van der Waals surface area contributed by atoms with Gasteiger partial charge >= 0.3 is 0 Å². The van der Waals surface area contributed by atoms with E-state index in [4.69, 9.17) is 0 Å². The Balaban J connectivity index is 0.00000441. The fourth-order valence-corrected chi connectivity index (χ4v) is 3.23. The largest absolute Gasteiger partial charge is 0.354 e. The molecule has 0 radical (unpaired) electrons. The standard InChI is InChI=1S/C13H24N4O2S2.HI/c1-5-11-8-15-12(20-11)9-16-13(14-3)17-10(2)6-7-21(4,18)19;/h8,10H,5-7,9H2,1-4H3,(H2,14,16,17);1H. The van der Waals surface area contributed by atoms with Crippen LogP contribution in [-0.4, -0.2) is 44.5 Å². The molecule has 0 aliphatic carbocycles. The Morgan fingerprint density at radius 1 is 1.50 bits per heavy atom. The van der Waals surface area contributed by atoms with E-state index in [9.17, 15) is 8.42 Å². The molecule has 0 spiro atoms. The summed E-state index contributed by atoms with van der Waals surface area (Å²) in [4.78, 5) is 9.73. The lowest BCUT2D eigenvalue weighted by Gasteiger charge is -2.17. The third-order valence-corrected chi connectivity index (χ3v) is 5.00. The molecule has 9 heteroatoms. The average molecular weight is 460 g/mol. The van der Waals surface area contributed by atoms with Crippen molar-refractivity contribution in [3.63, 3.8) is 0 Å². The first-order chi connectivity index (χ1) is 9.84. The maximum Gasteiger partial charge on any atom is 0.191 e. The maximum absolute atomic E-state index is 11.2. The summed E-state index contributed by atoms with van der Waals surface area (Å²) in [5, 5.41) is 7.38. The van der Waals surface area contributed by atoms with Crippen molar-refractivity contribution >= 4 is 51.1 Å². The van der Waals surface area contributed by atoms with Crippen molar-refractivity contribution < 1.29 is 8.42 Å². The third kappa shape index (κ3) is 8.89. The Morgan fingerprint density at radius 3 is 2.68 bits per heavy atom. The van der Waals surface area contributed by atoms with Gasteiger partial charge in [0.05, 0.1) is 12.3 Å². The predicted molar refractivity (Wildman–Crippen MR) is 104 cm³/mol. The minimum absolute atomic E-state index is 0. The fraction of sp³-hybridized carbons (Fsp3) is 0.692. The number of thiazole rings is 1. The molecule has 2 N–H and O–H groups in total. The molecule has 6 nitrogen and oxygen atoms in total. The highest BCUT2D eigenvalue weighted by Crippen LogP contribution is 2.12. The highest BCUT2D eigenvalue weighted by Gasteiger charge is 2.10. The van der Waals surface area contributed by atoms with Gasteiger partial charge in [-0.3, -0.25) is 4.99 Å². The van der Waals surface area contributed by atoms with Crippen LogP contribution in [0.1, 0.15) is 30.2 Å². The smallest absolute Gasteiger partial charge is 0.191 e. The number of hydrogen-bond donors (Lipinski definition) is 2. The number of aryl methyl sites for hydroxylation is 1. The molecular formula is C13H25IN4O2S2. The topological polar surface area (TPSA) is 83.4 Å². The molecule has 1 aromatic rings. The minimum atomic E-state index is -2.93. The van der Waals surface area contributed by atoms with Crippen LogP contribution in [0.5, 0.6) is 0 Å². The van der Waals surface area contributed by atoms with Crippen LogP contribution in [-0.2, 0) is 22.8 Å². The summed E-state index contributed by atoms with van der Waals surface area (Å²) in [6.45, 7) is 4.66. The highest BCUT2D eigenvalue weighted by atomic mass is 127. The molecule has 0 amide bonds. The van der Waals surface area contributed by atoms with Crippen LogP contribution in [0.4, 0.5) is 0 Å². The van der Waals surface area contributed by atoms with Gasteiger partial charge in [-0.05, 0) is 19.8 Å². The zero-order valence-electron chi connectivity index (χ0n) is 13.4. The van der Waals surface area contributed by atoms with E-state index in [0.29, 0.717) is 18.9 Å². The lowest BCUT2D eigenvalue weighted by atomic mass is 10.3. The van der Waals surface area contributed by atoms with Crippen LogP contribution in [0.2, 0.25) is 0 Å². The number of rotatable bonds is 7. The second kappa shape index (κ2) is 10.4. The van der Waals surface area contributed by atoms with E-state index >= 15 is 0 Å². The second-order valence-electron chi connectivity index (χ2n) is 4.96. The molecule has 128 valence electrons. The van der Waals surface area contributed by atoms with E-state index in [-0.39, 0.29) is 35.8 Å². The first-order valence-corrected chi connectivity index (χ1v) is 9.80. The molecule has 1 heterocycles. The Morgan fingerprint density at radius 2 is 2.18 bits per heavy atom. The molecule has 0 aliphatic heterocycles. The Labute approximate surface area is 154 Å². The van der Waals surface area contributed by atoms with Gasteiger partial charge in [0.2, 0.25) is 0 Å². The SMILES string of the molecule is CCc1cnc(CNC(=NC)NC(C)CCS(C)(=O)=O)s1.I. The molecular weight excluding hydrogens is 435 g/mol. The summed E-state index contributed by atoms with van der Waals surface area (Å²) >= 11 is 1.68. The minimum Gasteiger partial charge on any atom is -0.354 e. The van der Waals surface area contributed by atoms with Crippen LogP contribution < -0.4 is 10.6 Å². The first kappa shape index (κ1) is 21.6. The van der Waals surface area contributed by atoms with Gasteiger partial charge in [-0.15, -0.1) is 35.3 Å². The van der Waals surface area contributed by atoms with Gasteiger partial charge in [0.15, 0.2) is 5.96 Å². The van der Waals surface area contributed by atoms with Crippen molar-refractivity contribution in [3.8, 4) is 0 Å². The lowest BCUT2D eigenvalue weighted by Crippen LogP contribution is -2.42. The molecule has 0 fully saturated rings. The molecule has 0 aliphatic rings. The normalized spacial score (nSPS) is 13.4. The highest BCUT2D eigenvalue weighted by molar-refractivity contribution is 14.0. The van der Waals surface area contributed by atoms with Gasteiger partial charge in [-0.1, -0.05) is 6.92 Å². The van der Waals surface area contributed by atoms with Crippen molar-refractivity contribution in [2.75, 3.05) is 19.1 Å². The number of sulfone groups is 1. The van der Waals surface area contributed by atoms with Crippen molar-refractivity contribution in [1.82, 2.24) is 15.6 Å². The molecule has 0 aromatic carbocycles. The molecule has 1 aromatic heterocycles. The molecule has 0 saturated carbocycles. The summed E-state index contributed by atoms with van der Waals surface area (Å²) in [5.74, 6) is 0.828. The van der Waals surface area contributed by atoms with Crippen LogP contribution in [0.3, 0.4) is 0 Å². The molecule has 1 atom stereocenters. The maximum atomic E-state index is 11.2. The van der Waals surface area contributed by atoms with Gasteiger partial charge in [-0.2, -0.15) is 0 Å². The van der Waals surface area contributed by atoms with Gasteiger partial charge in [-0.25, -0.2) is 13.4 Å². The number of hydrogen-bond acceptors (Lipinski definition) is 5. The van der Waals surface area contributed by atoms with Crippen molar-refractivity contribution in [2.24, 2.45) is 4.99 Å². The summed E-state index contributed by atoms with van der Waals surface area (Å²) in [6, 6.07) is 0.0356. The molecule has 22 heavy (non-hydrogen) atoms. The molecule has 1 rings (SSSR count). The monoisotopic (exact) mass is 460 g/mol. The fourth-order valence-electron chi connectivity index (χ4n) is 1.64. The van der Waals surface area contributed by atoms with E-state index in [2.05, 4.69) is 27.5 Å². The lowest BCUT2D eigenvalue weighted by molar-refractivity contribution is 0.581. The van der Waals surface area contributed by atoms with E-state index in [1.54, 1.807) is 18.4 Å². The number of aromatic nitrogens is 1. The van der Waals surface area contributed by atoms with E-state index < -0.39 is 9.84 Å². The second-order valence-corrected chi connectivity index (χ2v) is 8.42. The predicted octanol–water partition coefficient (Wildman–Crippen LogP) is 1.81. The number of halogens is 1. The van der Waals surface area contributed by atoms with E-state index in [0.717, 1.165) is 11.4 Å². The molecule has 1 unspecified atom stereocenters. The Kier molecular flexibility index (Phi) is 10.2. The number of nitrogens with zero attached hydrogens (tertiary/aromatic N) is 2. The zero-order valence-corrected chi connectivity index (χ0v) is 17.4. The van der Waals surface area contributed by atoms with Crippen LogP contribution in [0.15, 0.2) is 11.2 Å². The van der Waals surface area contributed by atoms with E-state index in [1.807, 2.05) is 13.1 Å². The van der Waals surface area contributed by atoms with Crippen molar-refractivity contribution in [2.45, 2.75) is 39.3 Å². The van der Waals surface area contributed by atoms with E-state index in [1.165, 1.54) is 11.1 Å². The van der Waals surface area contributed by atoms with Gasteiger partial charge in [0.25, 0.3) is 0 Å². The van der Waals surface area contributed by atoms with Crippen molar-refractivity contribution in [1.29, 1.82) is 0 Å². The van der Waals surface area contributed by atoms with Gasteiger partial charge < -0.3 is 10.6 Å². The summed E-state index contributed by atoms with van der Waals surface area (Å²) in [6.07, 6.45) is 4.69. The zero-order chi connectivity index (χ0) is 15.9. The van der Waals surface area contributed by atoms with Crippen LogP contribution in [0, 0.1) is 0 Å².